The molecule has 0 aromatic heterocycles. The summed E-state index contributed by atoms with van der Waals surface area (Å²) in [4.78, 5) is 25.5. The predicted octanol–water partition coefficient (Wildman–Crippen LogP) is 1.67. The molecule has 5 heteroatoms. The Labute approximate surface area is 108 Å². The van der Waals surface area contributed by atoms with E-state index in [0.29, 0.717) is 19.2 Å². The Morgan fingerprint density at radius 1 is 1.22 bits per heavy atom. The number of nitrogens with one attached hydrogen (secondary N) is 1. The minimum absolute atomic E-state index is 0.0996. The van der Waals surface area contributed by atoms with Crippen LogP contribution in [0.5, 0.6) is 0 Å². The summed E-state index contributed by atoms with van der Waals surface area (Å²) >= 11 is 0. The molecule has 102 valence electrons. The Kier molecular flexibility index (Phi) is 4.44. The molecule has 1 heterocycles. The van der Waals surface area contributed by atoms with E-state index >= 15 is 0 Å². The number of nitrogens with zero attached hydrogens (tertiary/aromatic N) is 1. The lowest BCUT2D eigenvalue weighted by molar-refractivity contribution is -0.147. The molecule has 0 bridgehead atoms. The van der Waals surface area contributed by atoms with E-state index in [1.165, 1.54) is 12.8 Å². The normalized spacial score (nSPS) is 24.3. The SMILES string of the molecule is CCOC(=O)C1CCCN1C(=O)NC1CCCC1. The van der Waals surface area contributed by atoms with Gasteiger partial charge in [0.05, 0.1) is 6.61 Å². The van der Waals surface area contributed by atoms with Gasteiger partial charge in [0.25, 0.3) is 0 Å². The predicted molar refractivity (Wildman–Crippen MR) is 67.1 cm³/mol. The fraction of sp³-hybridized carbons (Fsp3) is 0.846. The molecule has 0 radical (unpaired) electrons. The van der Waals surface area contributed by atoms with E-state index in [-0.39, 0.29) is 18.0 Å². The molecule has 1 atom stereocenters. The van der Waals surface area contributed by atoms with Crippen LogP contribution in [-0.4, -0.2) is 42.1 Å². The highest BCUT2D eigenvalue weighted by Gasteiger charge is 2.35. The van der Waals surface area contributed by atoms with Crippen LogP contribution in [0.15, 0.2) is 0 Å². The fourth-order valence-electron chi connectivity index (χ4n) is 2.82. The van der Waals surface area contributed by atoms with Crippen molar-refractivity contribution >= 4 is 12.0 Å². The molecule has 2 fully saturated rings. The third-order valence-electron chi connectivity index (χ3n) is 3.76. The number of amides is 2. The first-order valence-corrected chi connectivity index (χ1v) is 6.96. The van der Waals surface area contributed by atoms with Crippen molar-refractivity contribution < 1.29 is 14.3 Å². The van der Waals surface area contributed by atoms with E-state index < -0.39 is 0 Å². The topological polar surface area (TPSA) is 58.6 Å². The zero-order valence-electron chi connectivity index (χ0n) is 11.0. The maximum Gasteiger partial charge on any atom is 0.328 e. The Morgan fingerprint density at radius 2 is 1.94 bits per heavy atom. The number of ether oxygens (including phenoxy) is 1. The van der Waals surface area contributed by atoms with Gasteiger partial charge in [-0.3, -0.25) is 0 Å². The van der Waals surface area contributed by atoms with E-state index in [1.54, 1.807) is 11.8 Å². The lowest BCUT2D eigenvalue weighted by Gasteiger charge is -2.25. The van der Waals surface area contributed by atoms with Crippen molar-refractivity contribution in [3.8, 4) is 0 Å². The molecular formula is C13H22N2O3. The molecule has 1 saturated heterocycles. The van der Waals surface area contributed by atoms with Crippen LogP contribution in [0.3, 0.4) is 0 Å². The van der Waals surface area contributed by atoms with E-state index in [4.69, 9.17) is 4.74 Å². The summed E-state index contributed by atoms with van der Waals surface area (Å²) in [6.45, 7) is 2.81. The molecule has 5 nitrogen and oxygen atoms in total. The van der Waals surface area contributed by atoms with Gasteiger partial charge in [0.2, 0.25) is 0 Å². The summed E-state index contributed by atoms with van der Waals surface area (Å²) in [6, 6.07) is -0.190. The Morgan fingerprint density at radius 3 is 2.61 bits per heavy atom. The number of likely N-dealkylation sites (tertiary alicyclic amines) is 1. The van der Waals surface area contributed by atoms with Gasteiger partial charge in [-0.2, -0.15) is 0 Å². The third-order valence-corrected chi connectivity index (χ3v) is 3.76. The first-order chi connectivity index (χ1) is 8.72. The number of esters is 1. The van der Waals surface area contributed by atoms with Crippen molar-refractivity contribution in [1.82, 2.24) is 10.2 Å². The van der Waals surface area contributed by atoms with Crippen LogP contribution >= 0.6 is 0 Å². The van der Waals surface area contributed by atoms with Gasteiger partial charge in [0.15, 0.2) is 0 Å². The van der Waals surface area contributed by atoms with Gasteiger partial charge in [-0.15, -0.1) is 0 Å². The van der Waals surface area contributed by atoms with Gasteiger partial charge in [0, 0.05) is 12.6 Å². The summed E-state index contributed by atoms with van der Waals surface area (Å²) < 4.78 is 5.02. The molecule has 1 aliphatic carbocycles. The lowest BCUT2D eigenvalue weighted by atomic mass is 10.2. The minimum Gasteiger partial charge on any atom is -0.464 e. The average Bonchev–Trinajstić information content (AvgIpc) is 2.99. The van der Waals surface area contributed by atoms with Crippen molar-refractivity contribution in [2.45, 2.75) is 57.5 Å². The zero-order valence-corrected chi connectivity index (χ0v) is 11.0. The van der Waals surface area contributed by atoms with Gasteiger partial charge >= 0.3 is 12.0 Å². The quantitative estimate of drug-likeness (QED) is 0.779. The molecule has 2 amide bonds. The largest absolute Gasteiger partial charge is 0.464 e. The number of hydrogen-bond donors (Lipinski definition) is 1. The van der Waals surface area contributed by atoms with Crippen LogP contribution < -0.4 is 5.32 Å². The molecule has 0 aromatic rings. The minimum atomic E-state index is -0.383. The van der Waals surface area contributed by atoms with Crippen molar-refractivity contribution in [3.05, 3.63) is 0 Å². The monoisotopic (exact) mass is 254 g/mol. The van der Waals surface area contributed by atoms with Crippen LogP contribution in [0, 0.1) is 0 Å². The average molecular weight is 254 g/mol. The summed E-state index contributed by atoms with van der Waals surface area (Å²) in [5.41, 5.74) is 0. The number of urea groups is 1. The smallest absolute Gasteiger partial charge is 0.328 e. The maximum absolute atomic E-state index is 12.1. The molecule has 0 spiro atoms. The Bertz CT molecular complexity index is 313. The second-order valence-corrected chi connectivity index (χ2v) is 5.03. The fourth-order valence-corrected chi connectivity index (χ4v) is 2.82. The highest BCUT2D eigenvalue weighted by molar-refractivity contribution is 5.84. The second kappa shape index (κ2) is 6.07. The van der Waals surface area contributed by atoms with Gasteiger partial charge in [-0.1, -0.05) is 12.8 Å². The Balaban J connectivity index is 1.89. The van der Waals surface area contributed by atoms with Crippen molar-refractivity contribution in [3.63, 3.8) is 0 Å². The van der Waals surface area contributed by atoms with Crippen molar-refractivity contribution in [2.75, 3.05) is 13.2 Å². The van der Waals surface area contributed by atoms with E-state index in [0.717, 1.165) is 25.7 Å². The third kappa shape index (κ3) is 2.94. The second-order valence-electron chi connectivity index (χ2n) is 5.03. The van der Waals surface area contributed by atoms with Gasteiger partial charge in [-0.05, 0) is 32.6 Å². The molecule has 2 aliphatic rings. The standard InChI is InChI=1S/C13H22N2O3/c1-2-18-12(16)11-8-5-9-15(11)13(17)14-10-6-3-4-7-10/h10-11H,2-9H2,1H3,(H,14,17). The zero-order chi connectivity index (χ0) is 13.0. The molecule has 1 N–H and O–H groups in total. The summed E-state index contributed by atoms with van der Waals surface area (Å²) in [5, 5.41) is 3.03. The molecule has 1 aliphatic heterocycles. The molecule has 0 aromatic carbocycles. The highest BCUT2D eigenvalue weighted by atomic mass is 16.5. The van der Waals surface area contributed by atoms with Crippen LogP contribution in [0.4, 0.5) is 4.79 Å². The Hall–Kier alpha value is -1.26. The van der Waals surface area contributed by atoms with Crippen LogP contribution in [0.2, 0.25) is 0 Å². The van der Waals surface area contributed by atoms with Crippen LogP contribution in [-0.2, 0) is 9.53 Å². The number of rotatable bonds is 3. The number of carbonyl (C=O) groups is 2. The first-order valence-electron chi connectivity index (χ1n) is 6.96. The van der Waals surface area contributed by atoms with Crippen molar-refractivity contribution in [2.24, 2.45) is 0 Å². The van der Waals surface area contributed by atoms with Crippen molar-refractivity contribution in [1.29, 1.82) is 0 Å². The molecule has 1 saturated carbocycles. The van der Waals surface area contributed by atoms with E-state index in [1.807, 2.05) is 0 Å². The summed E-state index contributed by atoms with van der Waals surface area (Å²) in [6.07, 6.45) is 6.09. The molecule has 2 rings (SSSR count). The van der Waals surface area contributed by atoms with Crippen LogP contribution in [0.25, 0.3) is 0 Å². The molecular weight excluding hydrogens is 232 g/mol. The maximum atomic E-state index is 12.1. The van der Waals surface area contributed by atoms with Gasteiger partial charge in [0.1, 0.15) is 6.04 Å². The van der Waals surface area contributed by atoms with E-state index in [2.05, 4.69) is 5.32 Å². The van der Waals surface area contributed by atoms with Crippen LogP contribution in [0.1, 0.15) is 45.4 Å². The summed E-state index contributed by atoms with van der Waals surface area (Å²) in [5.74, 6) is -0.267. The van der Waals surface area contributed by atoms with Gasteiger partial charge in [-0.25, -0.2) is 9.59 Å². The lowest BCUT2D eigenvalue weighted by Crippen LogP contribution is -2.48. The number of hydrogen-bond acceptors (Lipinski definition) is 3. The first kappa shape index (κ1) is 13.2. The summed E-state index contributed by atoms with van der Waals surface area (Å²) in [7, 11) is 0. The van der Waals surface area contributed by atoms with Gasteiger partial charge < -0.3 is 15.0 Å². The number of carbonyl (C=O) groups excluding carboxylic acids is 2. The molecule has 18 heavy (non-hydrogen) atoms. The molecule has 1 unspecified atom stereocenters. The highest BCUT2D eigenvalue weighted by Crippen LogP contribution is 2.21. The van der Waals surface area contributed by atoms with E-state index in [9.17, 15) is 9.59 Å².